The number of hydrogen-bond donors (Lipinski definition) is 1. The van der Waals surface area contributed by atoms with Crippen molar-refractivity contribution < 1.29 is 0 Å². The SMILES string of the molecule is NCc1cc2ccccc2nc1N1CCCC1. The summed E-state index contributed by atoms with van der Waals surface area (Å²) < 4.78 is 0. The number of rotatable bonds is 2. The molecule has 3 heteroatoms. The third kappa shape index (κ3) is 1.87. The van der Waals surface area contributed by atoms with E-state index in [4.69, 9.17) is 10.7 Å². The second kappa shape index (κ2) is 4.34. The fraction of sp³-hybridized carbons (Fsp3) is 0.357. The summed E-state index contributed by atoms with van der Waals surface area (Å²) in [4.78, 5) is 7.13. The number of nitrogens with two attached hydrogens (primary N) is 1. The van der Waals surface area contributed by atoms with Crippen LogP contribution in [-0.2, 0) is 6.54 Å². The minimum atomic E-state index is 0.559. The lowest BCUT2D eigenvalue weighted by Gasteiger charge is -2.20. The highest BCUT2D eigenvalue weighted by molar-refractivity contribution is 5.81. The maximum atomic E-state index is 5.84. The Labute approximate surface area is 101 Å². The molecule has 3 nitrogen and oxygen atoms in total. The van der Waals surface area contributed by atoms with Crippen LogP contribution in [-0.4, -0.2) is 18.1 Å². The molecule has 0 amide bonds. The molecule has 17 heavy (non-hydrogen) atoms. The van der Waals surface area contributed by atoms with Crippen molar-refractivity contribution in [2.75, 3.05) is 18.0 Å². The number of fused-ring (bicyclic) bond motifs is 1. The predicted molar refractivity (Wildman–Crippen MR) is 71.1 cm³/mol. The van der Waals surface area contributed by atoms with Crippen LogP contribution in [0.3, 0.4) is 0 Å². The van der Waals surface area contributed by atoms with Crippen LogP contribution in [0.4, 0.5) is 5.82 Å². The number of nitrogens with zero attached hydrogens (tertiary/aromatic N) is 2. The van der Waals surface area contributed by atoms with Crippen molar-refractivity contribution in [3.8, 4) is 0 Å². The molecule has 0 unspecified atom stereocenters. The lowest BCUT2D eigenvalue weighted by Crippen LogP contribution is -2.21. The third-order valence-corrected chi connectivity index (χ3v) is 3.41. The molecule has 0 bridgehead atoms. The predicted octanol–water partition coefficient (Wildman–Crippen LogP) is 2.29. The molecular weight excluding hydrogens is 210 g/mol. The van der Waals surface area contributed by atoms with Gasteiger partial charge in [0.2, 0.25) is 0 Å². The van der Waals surface area contributed by atoms with Gasteiger partial charge in [-0.05, 0) is 25.0 Å². The van der Waals surface area contributed by atoms with Crippen molar-refractivity contribution in [3.63, 3.8) is 0 Å². The Balaban J connectivity index is 2.14. The molecule has 1 saturated heterocycles. The third-order valence-electron chi connectivity index (χ3n) is 3.41. The first-order valence-electron chi connectivity index (χ1n) is 6.22. The molecule has 0 radical (unpaired) electrons. The zero-order chi connectivity index (χ0) is 11.7. The van der Waals surface area contributed by atoms with Gasteiger partial charge in [0.05, 0.1) is 5.52 Å². The minimum absolute atomic E-state index is 0.559. The summed E-state index contributed by atoms with van der Waals surface area (Å²) in [6, 6.07) is 10.4. The molecule has 3 rings (SSSR count). The van der Waals surface area contributed by atoms with Crippen LogP contribution in [0.2, 0.25) is 0 Å². The number of pyridine rings is 1. The van der Waals surface area contributed by atoms with E-state index >= 15 is 0 Å². The molecule has 0 aliphatic carbocycles. The molecule has 0 saturated carbocycles. The maximum Gasteiger partial charge on any atom is 0.133 e. The Kier molecular flexibility index (Phi) is 2.69. The van der Waals surface area contributed by atoms with E-state index in [1.54, 1.807) is 0 Å². The Morgan fingerprint density at radius 2 is 1.94 bits per heavy atom. The topological polar surface area (TPSA) is 42.1 Å². The lowest BCUT2D eigenvalue weighted by atomic mass is 10.1. The molecule has 2 aromatic rings. The van der Waals surface area contributed by atoms with Crippen molar-refractivity contribution in [3.05, 3.63) is 35.9 Å². The highest BCUT2D eigenvalue weighted by Gasteiger charge is 2.17. The number of para-hydroxylation sites is 1. The van der Waals surface area contributed by atoms with Crippen LogP contribution in [0, 0.1) is 0 Å². The summed E-state index contributed by atoms with van der Waals surface area (Å²) in [7, 11) is 0. The van der Waals surface area contributed by atoms with Gasteiger partial charge in [0, 0.05) is 30.6 Å². The molecule has 1 aromatic carbocycles. The van der Waals surface area contributed by atoms with Gasteiger partial charge < -0.3 is 10.6 Å². The van der Waals surface area contributed by atoms with Gasteiger partial charge in [-0.25, -0.2) is 4.98 Å². The summed E-state index contributed by atoms with van der Waals surface area (Å²) in [6.45, 7) is 2.78. The molecule has 1 aliphatic rings. The van der Waals surface area contributed by atoms with Gasteiger partial charge in [-0.1, -0.05) is 18.2 Å². The average Bonchev–Trinajstić information content (AvgIpc) is 2.91. The molecule has 2 N–H and O–H groups in total. The van der Waals surface area contributed by atoms with E-state index in [-0.39, 0.29) is 0 Å². The van der Waals surface area contributed by atoms with Crippen LogP contribution >= 0.6 is 0 Å². The maximum absolute atomic E-state index is 5.84. The van der Waals surface area contributed by atoms with Gasteiger partial charge in [-0.15, -0.1) is 0 Å². The standard InChI is InChI=1S/C14H17N3/c15-10-12-9-11-5-1-2-6-13(11)16-14(12)17-7-3-4-8-17/h1-2,5-6,9H,3-4,7-8,10,15H2. The molecule has 2 heterocycles. The van der Waals surface area contributed by atoms with E-state index in [0.717, 1.165) is 30.0 Å². The highest BCUT2D eigenvalue weighted by Crippen LogP contribution is 2.25. The Bertz CT molecular complexity index is 530. The molecule has 1 fully saturated rings. The second-order valence-corrected chi connectivity index (χ2v) is 4.56. The summed E-state index contributed by atoms with van der Waals surface area (Å²) in [5, 5.41) is 1.18. The molecule has 1 aromatic heterocycles. The summed E-state index contributed by atoms with van der Waals surface area (Å²) in [5.41, 5.74) is 8.06. The number of aromatic nitrogens is 1. The van der Waals surface area contributed by atoms with Crippen LogP contribution in [0.1, 0.15) is 18.4 Å². The molecule has 1 aliphatic heterocycles. The van der Waals surface area contributed by atoms with Crippen molar-refractivity contribution in [2.24, 2.45) is 5.73 Å². The summed E-state index contributed by atoms with van der Waals surface area (Å²) in [5.74, 6) is 1.09. The Morgan fingerprint density at radius 3 is 2.71 bits per heavy atom. The Hall–Kier alpha value is -1.61. The number of hydrogen-bond acceptors (Lipinski definition) is 3. The van der Waals surface area contributed by atoms with E-state index in [1.165, 1.54) is 18.2 Å². The van der Waals surface area contributed by atoms with Gasteiger partial charge >= 0.3 is 0 Å². The average molecular weight is 227 g/mol. The van der Waals surface area contributed by atoms with Crippen LogP contribution < -0.4 is 10.6 Å². The first kappa shape index (κ1) is 10.5. The fourth-order valence-corrected chi connectivity index (χ4v) is 2.50. The van der Waals surface area contributed by atoms with E-state index < -0.39 is 0 Å². The van der Waals surface area contributed by atoms with Crippen LogP contribution in [0.25, 0.3) is 10.9 Å². The molecule has 88 valence electrons. The summed E-state index contributed by atoms with van der Waals surface area (Å²) >= 11 is 0. The summed E-state index contributed by atoms with van der Waals surface area (Å²) in [6.07, 6.45) is 2.52. The van der Waals surface area contributed by atoms with Gasteiger partial charge in [0.15, 0.2) is 0 Å². The van der Waals surface area contributed by atoms with Gasteiger partial charge in [0.25, 0.3) is 0 Å². The van der Waals surface area contributed by atoms with E-state index in [9.17, 15) is 0 Å². The van der Waals surface area contributed by atoms with Crippen LogP contribution in [0.5, 0.6) is 0 Å². The smallest absolute Gasteiger partial charge is 0.133 e. The quantitative estimate of drug-likeness (QED) is 0.856. The van der Waals surface area contributed by atoms with Crippen molar-refractivity contribution >= 4 is 16.7 Å². The van der Waals surface area contributed by atoms with Crippen LogP contribution in [0.15, 0.2) is 30.3 Å². The Morgan fingerprint density at radius 1 is 1.18 bits per heavy atom. The van der Waals surface area contributed by atoms with Gasteiger partial charge in [-0.2, -0.15) is 0 Å². The number of anilines is 1. The monoisotopic (exact) mass is 227 g/mol. The van der Waals surface area contributed by atoms with Crippen molar-refractivity contribution in [2.45, 2.75) is 19.4 Å². The lowest BCUT2D eigenvalue weighted by molar-refractivity contribution is 0.914. The largest absolute Gasteiger partial charge is 0.356 e. The molecular formula is C14H17N3. The molecule has 0 spiro atoms. The fourth-order valence-electron chi connectivity index (χ4n) is 2.50. The zero-order valence-electron chi connectivity index (χ0n) is 9.89. The first-order valence-corrected chi connectivity index (χ1v) is 6.22. The van der Waals surface area contributed by atoms with Gasteiger partial charge in [-0.3, -0.25) is 0 Å². The minimum Gasteiger partial charge on any atom is -0.356 e. The van der Waals surface area contributed by atoms with Crippen molar-refractivity contribution in [1.29, 1.82) is 0 Å². The first-order chi connectivity index (χ1) is 8.38. The normalized spacial score (nSPS) is 15.7. The van der Waals surface area contributed by atoms with E-state index in [1.807, 2.05) is 12.1 Å². The highest BCUT2D eigenvalue weighted by atomic mass is 15.2. The number of benzene rings is 1. The van der Waals surface area contributed by atoms with E-state index in [2.05, 4.69) is 23.1 Å². The van der Waals surface area contributed by atoms with E-state index in [0.29, 0.717) is 6.54 Å². The molecule has 0 atom stereocenters. The zero-order valence-corrected chi connectivity index (χ0v) is 9.89. The van der Waals surface area contributed by atoms with Gasteiger partial charge in [0.1, 0.15) is 5.82 Å². The second-order valence-electron chi connectivity index (χ2n) is 4.56. The van der Waals surface area contributed by atoms with Crippen molar-refractivity contribution in [1.82, 2.24) is 4.98 Å².